The molecule has 0 spiro atoms. The molecule has 3 atom stereocenters. The molecule has 0 unspecified atom stereocenters. The Labute approximate surface area is 125 Å². The summed E-state index contributed by atoms with van der Waals surface area (Å²) >= 11 is 0. The molecule has 1 aliphatic carbocycles. The highest BCUT2D eigenvalue weighted by molar-refractivity contribution is 5.88. The largest absolute Gasteiger partial charge is 0.480 e. The highest BCUT2D eigenvalue weighted by Gasteiger charge is 2.49. The molecule has 118 valence electrons. The quantitative estimate of drug-likeness (QED) is 0.916. The van der Waals surface area contributed by atoms with E-state index < -0.39 is 29.6 Å². The predicted molar refractivity (Wildman–Crippen MR) is 71.2 cm³/mol. The number of carbonyl (C=O) groups excluding carboxylic acids is 1. The van der Waals surface area contributed by atoms with Gasteiger partial charge in [-0.25, -0.2) is 13.6 Å². The zero-order valence-corrected chi connectivity index (χ0v) is 11.7. The summed E-state index contributed by atoms with van der Waals surface area (Å²) in [7, 11) is 0. The van der Waals surface area contributed by atoms with E-state index in [1.807, 2.05) is 0 Å². The lowest BCUT2D eigenvalue weighted by Crippen LogP contribution is -2.53. The van der Waals surface area contributed by atoms with E-state index in [1.54, 1.807) is 0 Å². The Kier molecular flexibility index (Phi) is 3.82. The van der Waals surface area contributed by atoms with Gasteiger partial charge in [-0.3, -0.25) is 4.79 Å². The molecule has 1 aromatic rings. The van der Waals surface area contributed by atoms with Crippen molar-refractivity contribution in [2.75, 3.05) is 19.8 Å². The molecule has 1 amide bonds. The van der Waals surface area contributed by atoms with Crippen molar-refractivity contribution in [3.63, 3.8) is 0 Å². The van der Waals surface area contributed by atoms with Crippen LogP contribution in [0.1, 0.15) is 17.9 Å². The summed E-state index contributed by atoms with van der Waals surface area (Å²) in [4.78, 5) is 24.9. The Morgan fingerprint density at radius 1 is 1.32 bits per heavy atom. The number of hydrogen-bond donors (Lipinski definition) is 1. The molecule has 2 aliphatic rings. The van der Waals surface area contributed by atoms with Gasteiger partial charge in [0.05, 0.1) is 13.2 Å². The zero-order chi connectivity index (χ0) is 15.9. The minimum absolute atomic E-state index is 0.0488. The fourth-order valence-electron chi connectivity index (χ4n) is 2.90. The van der Waals surface area contributed by atoms with Crippen molar-refractivity contribution in [1.82, 2.24) is 4.90 Å². The monoisotopic (exact) mass is 311 g/mol. The molecule has 3 rings (SSSR count). The Hall–Kier alpha value is -2.02. The van der Waals surface area contributed by atoms with Crippen LogP contribution in [0, 0.1) is 17.6 Å². The third kappa shape index (κ3) is 2.56. The summed E-state index contributed by atoms with van der Waals surface area (Å²) in [5.41, 5.74) is 0.179. The molecule has 0 aromatic heterocycles. The average Bonchev–Trinajstić information content (AvgIpc) is 3.29. The summed E-state index contributed by atoms with van der Waals surface area (Å²) in [5, 5.41) is 9.14. The molecule has 0 radical (unpaired) electrons. The van der Waals surface area contributed by atoms with E-state index >= 15 is 0 Å². The molecule has 1 aromatic carbocycles. The fraction of sp³-hybridized carbons (Fsp3) is 0.467. The second-order valence-corrected chi connectivity index (χ2v) is 5.55. The van der Waals surface area contributed by atoms with E-state index in [0.29, 0.717) is 6.42 Å². The first-order valence-corrected chi connectivity index (χ1v) is 7.05. The number of halogens is 2. The number of aliphatic carboxylic acids is 1. The lowest BCUT2D eigenvalue weighted by Gasteiger charge is -2.33. The fourth-order valence-corrected chi connectivity index (χ4v) is 2.90. The Balaban J connectivity index is 1.74. The van der Waals surface area contributed by atoms with E-state index in [0.717, 1.165) is 6.07 Å². The minimum atomic E-state index is -1.12. The van der Waals surface area contributed by atoms with Gasteiger partial charge in [0.15, 0.2) is 17.7 Å². The molecular formula is C15H15F2NO4. The maximum Gasteiger partial charge on any atom is 0.328 e. The second-order valence-electron chi connectivity index (χ2n) is 5.55. The van der Waals surface area contributed by atoms with Gasteiger partial charge in [-0.1, -0.05) is 12.1 Å². The van der Waals surface area contributed by atoms with Crippen LogP contribution >= 0.6 is 0 Å². The van der Waals surface area contributed by atoms with Gasteiger partial charge in [0.25, 0.3) is 0 Å². The van der Waals surface area contributed by atoms with E-state index in [-0.39, 0.29) is 37.1 Å². The first kappa shape index (κ1) is 14.9. The first-order chi connectivity index (χ1) is 10.5. The van der Waals surface area contributed by atoms with Crippen LogP contribution in [0.3, 0.4) is 0 Å². The van der Waals surface area contributed by atoms with Crippen molar-refractivity contribution >= 4 is 11.9 Å². The van der Waals surface area contributed by atoms with Crippen LogP contribution in [0.5, 0.6) is 0 Å². The van der Waals surface area contributed by atoms with Crippen molar-refractivity contribution in [2.24, 2.45) is 5.92 Å². The van der Waals surface area contributed by atoms with Gasteiger partial charge in [0.2, 0.25) is 5.91 Å². The number of benzene rings is 1. The van der Waals surface area contributed by atoms with Gasteiger partial charge >= 0.3 is 5.97 Å². The molecule has 22 heavy (non-hydrogen) atoms. The van der Waals surface area contributed by atoms with E-state index in [9.17, 15) is 18.4 Å². The van der Waals surface area contributed by atoms with Gasteiger partial charge in [0, 0.05) is 12.5 Å². The maximum atomic E-state index is 13.8. The highest BCUT2D eigenvalue weighted by atomic mass is 19.2. The number of carboxylic acid groups (broad SMARTS) is 1. The Bertz CT molecular complexity index is 622. The number of carboxylic acids is 1. The molecule has 2 fully saturated rings. The van der Waals surface area contributed by atoms with Gasteiger partial charge < -0.3 is 14.7 Å². The maximum absolute atomic E-state index is 13.8. The molecule has 1 saturated carbocycles. The minimum Gasteiger partial charge on any atom is -0.480 e. The molecule has 0 bridgehead atoms. The van der Waals surface area contributed by atoms with Crippen molar-refractivity contribution in [3.05, 3.63) is 35.4 Å². The van der Waals surface area contributed by atoms with Crippen LogP contribution in [0.2, 0.25) is 0 Å². The predicted octanol–water partition coefficient (Wildman–Crippen LogP) is 1.38. The zero-order valence-electron chi connectivity index (χ0n) is 11.7. The molecule has 5 nitrogen and oxygen atoms in total. The van der Waals surface area contributed by atoms with Gasteiger partial charge in [-0.15, -0.1) is 0 Å². The molecule has 1 heterocycles. The first-order valence-electron chi connectivity index (χ1n) is 7.05. The van der Waals surface area contributed by atoms with Crippen LogP contribution in [0.4, 0.5) is 8.78 Å². The number of ether oxygens (including phenoxy) is 1. The number of hydrogen-bond acceptors (Lipinski definition) is 3. The highest BCUT2D eigenvalue weighted by Crippen LogP contribution is 2.49. The SMILES string of the molecule is O=C(O)[C@@H]1COCCN1C(=O)[C@@H]1C[C@@H]1c1cccc(F)c1F. The normalized spacial score (nSPS) is 27.5. The number of carbonyl (C=O) groups is 2. The number of nitrogens with zero attached hydrogens (tertiary/aromatic N) is 1. The van der Waals surface area contributed by atoms with Crippen molar-refractivity contribution < 1.29 is 28.2 Å². The third-order valence-corrected chi connectivity index (χ3v) is 4.19. The third-order valence-electron chi connectivity index (χ3n) is 4.19. The topological polar surface area (TPSA) is 66.8 Å². The average molecular weight is 311 g/mol. The van der Waals surface area contributed by atoms with Crippen LogP contribution in [-0.2, 0) is 14.3 Å². The molecule has 1 N–H and O–H groups in total. The van der Waals surface area contributed by atoms with Gasteiger partial charge in [-0.2, -0.15) is 0 Å². The Morgan fingerprint density at radius 2 is 2.09 bits per heavy atom. The van der Waals surface area contributed by atoms with Crippen LogP contribution < -0.4 is 0 Å². The standard InChI is InChI=1S/C15H15F2NO4/c16-11-3-1-2-8(13(11)17)9-6-10(9)14(19)18-4-5-22-7-12(18)15(20)21/h1-3,9-10,12H,4-7H2,(H,20,21)/t9-,10-,12+/m1/s1. The lowest BCUT2D eigenvalue weighted by atomic mass is 10.1. The van der Waals surface area contributed by atoms with E-state index in [1.165, 1.54) is 17.0 Å². The molecule has 1 aliphatic heterocycles. The van der Waals surface area contributed by atoms with E-state index in [2.05, 4.69) is 0 Å². The Morgan fingerprint density at radius 3 is 2.82 bits per heavy atom. The van der Waals surface area contributed by atoms with Crippen LogP contribution in [0.25, 0.3) is 0 Å². The van der Waals surface area contributed by atoms with Gasteiger partial charge in [-0.05, 0) is 24.0 Å². The summed E-state index contributed by atoms with van der Waals surface area (Å²) < 4.78 is 32.1. The second kappa shape index (κ2) is 5.64. The lowest BCUT2D eigenvalue weighted by molar-refractivity contribution is -0.158. The molecule has 7 heteroatoms. The summed E-state index contributed by atoms with van der Waals surface area (Å²) in [5.74, 6) is -4.20. The summed E-state index contributed by atoms with van der Waals surface area (Å²) in [6, 6.07) is 2.88. The smallest absolute Gasteiger partial charge is 0.328 e. The molecular weight excluding hydrogens is 296 g/mol. The van der Waals surface area contributed by atoms with Crippen molar-refractivity contribution in [1.29, 1.82) is 0 Å². The molecule has 1 saturated heterocycles. The summed E-state index contributed by atoms with van der Waals surface area (Å²) in [6.07, 6.45) is 0.406. The van der Waals surface area contributed by atoms with E-state index in [4.69, 9.17) is 9.84 Å². The summed E-state index contributed by atoms with van der Waals surface area (Å²) in [6.45, 7) is 0.429. The number of rotatable bonds is 3. The van der Waals surface area contributed by atoms with Crippen LogP contribution in [0.15, 0.2) is 18.2 Å². The van der Waals surface area contributed by atoms with Crippen molar-refractivity contribution in [2.45, 2.75) is 18.4 Å². The number of amides is 1. The van der Waals surface area contributed by atoms with Crippen LogP contribution in [-0.4, -0.2) is 47.7 Å². The number of morpholine rings is 1. The van der Waals surface area contributed by atoms with Crippen molar-refractivity contribution in [3.8, 4) is 0 Å². The van der Waals surface area contributed by atoms with Gasteiger partial charge in [0.1, 0.15) is 0 Å².